The summed E-state index contributed by atoms with van der Waals surface area (Å²) in [5, 5.41) is 8.76. The number of benzene rings is 1. The number of guanidine groups is 1. The Kier molecular flexibility index (Phi) is 8.75. The Balaban J connectivity index is 0.00000480. The fraction of sp³-hybridized carbons (Fsp3) is 0.600. The van der Waals surface area contributed by atoms with Crippen LogP contribution in [0.2, 0.25) is 0 Å². The molecule has 0 spiro atoms. The molecule has 6 N–H and O–H groups in total. The molecule has 1 atom stereocenters. The third-order valence-corrected chi connectivity index (χ3v) is 6.95. The molecule has 0 saturated carbocycles. The molecule has 2 rings (SSSR count). The summed E-state index contributed by atoms with van der Waals surface area (Å²) in [6, 6.07) is -0.909. The molecule has 31 heavy (non-hydrogen) atoms. The minimum atomic E-state index is -3.93. The summed E-state index contributed by atoms with van der Waals surface area (Å²) in [5.74, 6) is -0.490. The van der Waals surface area contributed by atoms with Gasteiger partial charge in [0, 0.05) is 18.5 Å². The van der Waals surface area contributed by atoms with E-state index < -0.39 is 22.0 Å². The molecule has 176 valence electrons. The third-order valence-electron chi connectivity index (χ3n) is 5.32. The number of carboxylic acid groups (broad SMARTS) is 1. The van der Waals surface area contributed by atoms with Gasteiger partial charge in [0.15, 0.2) is 0 Å². The Morgan fingerprint density at radius 2 is 1.84 bits per heavy atom. The second kappa shape index (κ2) is 10.1. The van der Waals surface area contributed by atoms with Crippen LogP contribution in [0, 0.1) is 20.8 Å². The van der Waals surface area contributed by atoms with E-state index in [0.717, 1.165) is 16.9 Å². The van der Waals surface area contributed by atoms with Gasteiger partial charge >= 0.3 is 5.97 Å². The molecule has 11 heteroatoms. The summed E-state index contributed by atoms with van der Waals surface area (Å²) in [7, 11) is -3.93. The van der Waals surface area contributed by atoms with Crippen LogP contribution in [0.5, 0.6) is 5.75 Å². The predicted octanol–water partition coefficient (Wildman–Crippen LogP) is 1.92. The average Bonchev–Trinajstić information content (AvgIpc) is 2.94. The number of unbranched alkanes of at least 4 members (excludes halogenated alkanes) is 1. The van der Waals surface area contributed by atoms with E-state index in [2.05, 4.69) is 9.71 Å². The lowest BCUT2D eigenvalue weighted by Gasteiger charge is -2.19. The van der Waals surface area contributed by atoms with Crippen molar-refractivity contribution in [2.45, 2.75) is 76.8 Å². The van der Waals surface area contributed by atoms with Gasteiger partial charge in [-0.05, 0) is 70.6 Å². The van der Waals surface area contributed by atoms with Gasteiger partial charge in [-0.25, -0.2) is 13.1 Å². The molecule has 1 aromatic carbocycles. The summed E-state index contributed by atoms with van der Waals surface area (Å²) < 4.78 is 34.5. The maximum atomic E-state index is 13.1. The predicted molar refractivity (Wildman–Crippen MR) is 123 cm³/mol. The normalized spacial score (nSPS) is 16.1. The monoisotopic (exact) mass is 476 g/mol. The third kappa shape index (κ3) is 6.24. The van der Waals surface area contributed by atoms with Gasteiger partial charge in [-0.1, -0.05) is 0 Å². The number of carbonyl (C=O) groups is 1. The lowest BCUT2D eigenvalue weighted by atomic mass is 9.94. The number of fused-ring (bicyclic) bond motifs is 1. The van der Waals surface area contributed by atoms with Crippen LogP contribution < -0.4 is 20.9 Å². The number of nitrogens with two attached hydrogens (primary N) is 2. The van der Waals surface area contributed by atoms with E-state index in [9.17, 15) is 13.2 Å². The Bertz CT molecular complexity index is 977. The molecule has 0 saturated heterocycles. The largest absolute Gasteiger partial charge is 0.487 e. The molecule has 1 aromatic rings. The van der Waals surface area contributed by atoms with Gasteiger partial charge in [0.1, 0.15) is 17.4 Å². The number of nitrogens with one attached hydrogen (secondary N) is 1. The zero-order valence-electron chi connectivity index (χ0n) is 18.6. The lowest BCUT2D eigenvalue weighted by molar-refractivity contribution is -0.138. The average molecular weight is 477 g/mol. The van der Waals surface area contributed by atoms with Crippen molar-refractivity contribution < 1.29 is 23.1 Å². The van der Waals surface area contributed by atoms with E-state index in [0.29, 0.717) is 36.8 Å². The molecule has 9 nitrogen and oxygen atoms in total. The first-order valence-electron chi connectivity index (χ1n) is 9.89. The number of aliphatic imine (C=N–C) groups is 1. The zero-order valence-corrected chi connectivity index (χ0v) is 20.2. The summed E-state index contributed by atoms with van der Waals surface area (Å²) in [6.45, 7) is 9.61. The smallest absolute Gasteiger partial charge is 0.320 e. The van der Waals surface area contributed by atoms with E-state index in [-0.39, 0.29) is 35.4 Å². The van der Waals surface area contributed by atoms with Crippen molar-refractivity contribution >= 4 is 34.4 Å². The topological polar surface area (TPSA) is 157 Å². The van der Waals surface area contributed by atoms with Crippen LogP contribution in [0.15, 0.2) is 9.89 Å². The Morgan fingerprint density at radius 1 is 1.23 bits per heavy atom. The van der Waals surface area contributed by atoms with Crippen molar-refractivity contribution in [3.8, 4) is 5.75 Å². The molecule has 1 aliphatic heterocycles. The molecule has 0 radical (unpaired) electrons. The SMILES string of the molecule is Cc1c(C)c(S(=O)(=O)NC(N)=NCCCCC(N)C(=O)O)c(C)c2c1OC(C)(C)C2.Cl. The van der Waals surface area contributed by atoms with Crippen molar-refractivity contribution in [3.63, 3.8) is 0 Å². The minimum Gasteiger partial charge on any atom is -0.487 e. The first-order valence-corrected chi connectivity index (χ1v) is 11.4. The molecule has 0 aliphatic carbocycles. The van der Waals surface area contributed by atoms with Gasteiger partial charge in [0.2, 0.25) is 5.96 Å². The van der Waals surface area contributed by atoms with Crippen molar-refractivity contribution in [3.05, 3.63) is 22.3 Å². The number of rotatable bonds is 8. The Labute approximate surface area is 190 Å². The second-order valence-electron chi connectivity index (χ2n) is 8.36. The van der Waals surface area contributed by atoms with E-state index in [1.54, 1.807) is 13.8 Å². The lowest BCUT2D eigenvalue weighted by Crippen LogP contribution is -2.37. The van der Waals surface area contributed by atoms with Gasteiger partial charge in [-0.2, -0.15) is 0 Å². The number of ether oxygens (including phenoxy) is 1. The van der Waals surface area contributed by atoms with Gasteiger partial charge < -0.3 is 21.3 Å². The van der Waals surface area contributed by atoms with Crippen LogP contribution in [0.25, 0.3) is 0 Å². The van der Waals surface area contributed by atoms with E-state index in [1.165, 1.54) is 0 Å². The molecule has 0 amide bonds. The van der Waals surface area contributed by atoms with E-state index >= 15 is 0 Å². The first kappa shape index (κ1) is 27.0. The summed E-state index contributed by atoms with van der Waals surface area (Å²) in [6.07, 6.45) is 2.04. The fourth-order valence-corrected chi connectivity index (χ4v) is 5.19. The van der Waals surface area contributed by atoms with Gasteiger partial charge in [0.25, 0.3) is 10.0 Å². The van der Waals surface area contributed by atoms with Crippen molar-refractivity contribution in [1.29, 1.82) is 0 Å². The summed E-state index contributed by atoms with van der Waals surface area (Å²) in [4.78, 5) is 14.9. The summed E-state index contributed by atoms with van der Waals surface area (Å²) in [5.41, 5.74) is 13.8. The highest BCUT2D eigenvalue weighted by molar-refractivity contribution is 7.90. The van der Waals surface area contributed by atoms with Crippen molar-refractivity contribution in [2.75, 3.05) is 6.54 Å². The number of aliphatic carboxylic acids is 1. The molecule has 0 fully saturated rings. The highest BCUT2D eigenvalue weighted by atomic mass is 35.5. The number of nitrogens with zero attached hydrogens (tertiary/aromatic N) is 1. The number of carboxylic acids is 1. The van der Waals surface area contributed by atoms with Gasteiger partial charge in [0.05, 0.1) is 4.90 Å². The number of halogens is 1. The Hall–Kier alpha value is -2.04. The van der Waals surface area contributed by atoms with Crippen LogP contribution in [-0.2, 0) is 21.2 Å². The molecule has 1 aliphatic rings. The van der Waals surface area contributed by atoms with Crippen LogP contribution in [0.3, 0.4) is 0 Å². The van der Waals surface area contributed by atoms with E-state index in [1.807, 2.05) is 20.8 Å². The fourth-order valence-electron chi connectivity index (χ4n) is 3.67. The number of sulfonamides is 1. The van der Waals surface area contributed by atoms with Crippen LogP contribution in [-0.4, -0.2) is 43.6 Å². The molecular formula is C20H33ClN4O5S. The van der Waals surface area contributed by atoms with Crippen LogP contribution in [0.4, 0.5) is 0 Å². The van der Waals surface area contributed by atoms with Crippen LogP contribution in [0.1, 0.15) is 55.4 Å². The minimum absolute atomic E-state index is 0. The maximum Gasteiger partial charge on any atom is 0.320 e. The first-order chi connectivity index (χ1) is 13.8. The van der Waals surface area contributed by atoms with Gasteiger partial charge in [-0.3, -0.25) is 9.79 Å². The van der Waals surface area contributed by atoms with Crippen LogP contribution >= 0.6 is 12.4 Å². The maximum absolute atomic E-state index is 13.1. The number of hydrogen-bond acceptors (Lipinski definition) is 6. The molecule has 1 unspecified atom stereocenters. The van der Waals surface area contributed by atoms with Crippen molar-refractivity contribution in [1.82, 2.24) is 4.72 Å². The molecular weight excluding hydrogens is 444 g/mol. The van der Waals surface area contributed by atoms with Crippen molar-refractivity contribution in [2.24, 2.45) is 16.5 Å². The van der Waals surface area contributed by atoms with Gasteiger partial charge in [-0.15, -0.1) is 12.4 Å². The quantitative estimate of drug-likeness (QED) is 0.253. The highest BCUT2D eigenvalue weighted by Crippen LogP contribution is 2.43. The highest BCUT2D eigenvalue weighted by Gasteiger charge is 2.36. The molecule has 0 bridgehead atoms. The summed E-state index contributed by atoms with van der Waals surface area (Å²) >= 11 is 0. The molecule has 0 aromatic heterocycles. The Morgan fingerprint density at radius 3 is 2.42 bits per heavy atom. The van der Waals surface area contributed by atoms with E-state index in [4.69, 9.17) is 21.3 Å². The zero-order chi connectivity index (χ0) is 22.9. The second-order valence-corrected chi connectivity index (χ2v) is 9.98. The number of hydrogen-bond donors (Lipinski definition) is 4. The standard InChI is InChI=1S/C20H32N4O5S.ClH/c1-11-12(2)17(13(3)14-10-20(4,5)29-16(11)14)30(27,28)24-19(22)23-9-7-6-8-15(21)18(25)26;/h15H,6-10,21H2,1-5H3,(H,25,26)(H3,22,23,24);1H. The molecule has 1 heterocycles.